The topological polar surface area (TPSA) is 26.3 Å². The fraction of sp³-hybridized carbons (Fsp3) is 0.909. The fourth-order valence-electron chi connectivity index (χ4n) is 2.10. The van der Waals surface area contributed by atoms with E-state index in [1.807, 2.05) is 0 Å². The molecule has 0 amide bonds. The molecule has 2 unspecified atom stereocenters. The van der Waals surface area contributed by atoms with Gasteiger partial charge in [-0.05, 0) is 26.2 Å². The summed E-state index contributed by atoms with van der Waals surface area (Å²) in [7, 11) is 0. The molecule has 0 aromatic carbocycles. The Balaban J connectivity index is 2.47. The van der Waals surface area contributed by atoms with Crippen molar-refractivity contribution in [3.05, 3.63) is 0 Å². The van der Waals surface area contributed by atoms with Crippen LogP contribution in [0.15, 0.2) is 0 Å². The molecule has 0 radical (unpaired) electrons. The number of alkyl halides is 3. The highest BCUT2D eigenvalue weighted by Gasteiger charge is 2.43. The number of halogens is 3. The summed E-state index contributed by atoms with van der Waals surface area (Å²) in [6, 6.07) is 0. The van der Waals surface area contributed by atoms with Gasteiger partial charge in [0.15, 0.2) is 5.78 Å². The van der Waals surface area contributed by atoms with Crippen LogP contribution in [0.25, 0.3) is 0 Å². The van der Waals surface area contributed by atoms with Gasteiger partial charge in [0.2, 0.25) is 0 Å². The van der Waals surface area contributed by atoms with Crippen LogP contribution in [0, 0.1) is 11.8 Å². The van der Waals surface area contributed by atoms with E-state index >= 15 is 0 Å². The fourth-order valence-corrected chi connectivity index (χ4v) is 2.10. The summed E-state index contributed by atoms with van der Waals surface area (Å²) in [4.78, 5) is 11.5. The van der Waals surface area contributed by atoms with Crippen LogP contribution in [0.1, 0.15) is 32.6 Å². The Hall–Kier alpha value is -0.580. The van der Waals surface area contributed by atoms with Crippen molar-refractivity contribution in [1.82, 2.24) is 0 Å². The van der Waals surface area contributed by atoms with Gasteiger partial charge in [-0.2, -0.15) is 13.2 Å². The van der Waals surface area contributed by atoms with Crippen LogP contribution in [0.5, 0.6) is 0 Å². The average Bonchev–Trinajstić information content (AvgIpc) is 2.25. The minimum Gasteiger partial charge on any atom is -0.374 e. The van der Waals surface area contributed by atoms with E-state index in [1.165, 1.54) is 0 Å². The van der Waals surface area contributed by atoms with Crippen LogP contribution in [0.4, 0.5) is 13.2 Å². The van der Waals surface area contributed by atoms with E-state index in [4.69, 9.17) is 4.74 Å². The lowest BCUT2D eigenvalue weighted by Gasteiger charge is -2.29. The van der Waals surface area contributed by atoms with Crippen LogP contribution >= 0.6 is 0 Å². The Morgan fingerprint density at radius 2 is 2.06 bits per heavy atom. The van der Waals surface area contributed by atoms with E-state index in [0.717, 1.165) is 0 Å². The average molecular weight is 238 g/mol. The summed E-state index contributed by atoms with van der Waals surface area (Å²) in [5, 5.41) is 0. The third-order valence-electron chi connectivity index (χ3n) is 3.04. The first-order valence-electron chi connectivity index (χ1n) is 5.62. The lowest BCUT2D eigenvalue weighted by molar-refractivity contribution is -0.186. The minimum absolute atomic E-state index is 0.0499. The normalized spacial score (nSPS) is 26.8. The first-order valence-corrected chi connectivity index (χ1v) is 5.62. The van der Waals surface area contributed by atoms with E-state index in [-0.39, 0.29) is 25.2 Å². The number of carbonyl (C=O) groups excluding carboxylic acids is 1. The standard InChI is InChI=1S/C11H17F3O2/c1-2-16-7-10(15)8-4-3-5-9(6-8)11(12,13)14/h8-9H,2-7H2,1H3. The third kappa shape index (κ3) is 3.77. The van der Waals surface area contributed by atoms with Gasteiger partial charge in [-0.3, -0.25) is 4.79 Å². The molecule has 0 N–H and O–H groups in total. The molecule has 2 nitrogen and oxygen atoms in total. The molecule has 2 atom stereocenters. The van der Waals surface area contributed by atoms with Crippen LogP contribution in [0.2, 0.25) is 0 Å². The van der Waals surface area contributed by atoms with E-state index < -0.39 is 18.0 Å². The van der Waals surface area contributed by atoms with Crippen molar-refractivity contribution in [2.24, 2.45) is 11.8 Å². The van der Waals surface area contributed by atoms with Gasteiger partial charge < -0.3 is 4.74 Å². The van der Waals surface area contributed by atoms with E-state index in [1.54, 1.807) is 6.92 Å². The molecule has 1 rings (SSSR count). The van der Waals surface area contributed by atoms with Gasteiger partial charge >= 0.3 is 6.18 Å². The second-order valence-electron chi connectivity index (χ2n) is 4.21. The summed E-state index contributed by atoms with van der Waals surface area (Å²) in [6.45, 7) is 2.12. The van der Waals surface area contributed by atoms with Gasteiger partial charge in [0.05, 0.1) is 5.92 Å². The molecule has 0 aromatic heterocycles. The number of ether oxygens (including phenoxy) is 1. The number of Topliss-reactive ketones (excluding diaryl/α,β-unsaturated/α-hetero) is 1. The Morgan fingerprint density at radius 1 is 1.38 bits per heavy atom. The highest BCUT2D eigenvalue weighted by molar-refractivity contribution is 5.82. The summed E-state index contributed by atoms with van der Waals surface area (Å²) in [6.07, 6.45) is -3.02. The Labute approximate surface area is 93.2 Å². The Bertz CT molecular complexity index is 238. The maximum Gasteiger partial charge on any atom is 0.391 e. The summed E-state index contributed by atoms with van der Waals surface area (Å²) < 4.78 is 42.4. The number of rotatable bonds is 4. The second kappa shape index (κ2) is 5.66. The van der Waals surface area contributed by atoms with Gasteiger partial charge in [0.25, 0.3) is 0 Å². The lowest BCUT2D eigenvalue weighted by Crippen LogP contribution is -2.33. The lowest BCUT2D eigenvalue weighted by atomic mass is 9.79. The van der Waals surface area contributed by atoms with Gasteiger partial charge in [0, 0.05) is 12.5 Å². The van der Waals surface area contributed by atoms with E-state index in [9.17, 15) is 18.0 Å². The van der Waals surface area contributed by atoms with Crippen LogP contribution < -0.4 is 0 Å². The molecular formula is C11H17F3O2. The van der Waals surface area contributed by atoms with Crippen LogP contribution in [-0.4, -0.2) is 25.2 Å². The van der Waals surface area contributed by atoms with Crippen LogP contribution in [0.3, 0.4) is 0 Å². The highest BCUT2D eigenvalue weighted by Crippen LogP contribution is 2.40. The first-order chi connectivity index (χ1) is 7.45. The summed E-state index contributed by atoms with van der Waals surface area (Å²) in [5.74, 6) is -1.96. The van der Waals surface area contributed by atoms with Crippen molar-refractivity contribution < 1.29 is 22.7 Å². The first kappa shape index (κ1) is 13.5. The molecule has 1 aliphatic carbocycles. The maximum absolute atomic E-state index is 12.5. The zero-order chi connectivity index (χ0) is 12.2. The van der Waals surface area contributed by atoms with Crippen molar-refractivity contribution in [3.8, 4) is 0 Å². The van der Waals surface area contributed by atoms with Gasteiger partial charge in [0.1, 0.15) is 6.61 Å². The van der Waals surface area contributed by atoms with E-state index in [0.29, 0.717) is 19.4 Å². The molecule has 1 aliphatic rings. The quantitative estimate of drug-likeness (QED) is 0.752. The Morgan fingerprint density at radius 3 is 2.62 bits per heavy atom. The molecule has 0 aromatic rings. The highest BCUT2D eigenvalue weighted by atomic mass is 19.4. The minimum atomic E-state index is -4.16. The number of hydrogen-bond donors (Lipinski definition) is 0. The Kier molecular flexibility index (Phi) is 4.77. The van der Waals surface area contributed by atoms with Crippen molar-refractivity contribution >= 4 is 5.78 Å². The van der Waals surface area contributed by atoms with Crippen molar-refractivity contribution in [2.45, 2.75) is 38.8 Å². The van der Waals surface area contributed by atoms with Crippen molar-refractivity contribution in [3.63, 3.8) is 0 Å². The molecule has 0 bridgehead atoms. The molecule has 0 heterocycles. The molecule has 1 fully saturated rings. The predicted molar refractivity (Wildman–Crippen MR) is 53.0 cm³/mol. The molecule has 16 heavy (non-hydrogen) atoms. The zero-order valence-corrected chi connectivity index (χ0v) is 9.35. The van der Waals surface area contributed by atoms with Crippen molar-refractivity contribution in [1.29, 1.82) is 0 Å². The van der Waals surface area contributed by atoms with E-state index in [2.05, 4.69) is 0 Å². The molecular weight excluding hydrogens is 221 g/mol. The molecule has 1 saturated carbocycles. The van der Waals surface area contributed by atoms with Gasteiger partial charge in [-0.15, -0.1) is 0 Å². The second-order valence-corrected chi connectivity index (χ2v) is 4.21. The number of ketones is 1. The molecule has 94 valence electrons. The zero-order valence-electron chi connectivity index (χ0n) is 9.35. The van der Waals surface area contributed by atoms with Crippen molar-refractivity contribution in [2.75, 3.05) is 13.2 Å². The molecule has 5 heteroatoms. The predicted octanol–water partition coefficient (Wildman–Crippen LogP) is 2.96. The van der Waals surface area contributed by atoms with Crippen LogP contribution in [-0.2, 0) is 9.53 Å². The monoisotopic (exact) mass is 238 g/mol. The molecule has 0 saturated heterocycles. The molecule has 0 aliphatic heterocycles. The molecule has 0 spiro atoms. The third-order valence-corrected chi connectivity index (χ3v) is 3.04. The number of carbonyl (C=O) groups is 1. The summed E-state index contributed by atoms with van der Waals surface area (Å²) >= 11 is 0. The van der Waals surface area contributed by atoms with Gasteiger partial charge in [-0.25, -0.2) is 0 Å². The SMILES string of the molecule is CCOCC(=O)C1CCCC(C(F)(F)F)C1. The smallest absolute Gasteiger partial charge is 0.374 e. The van der Waals surface area contributed by atoms with Gasteiger partial charge in [-0.1, -0.05) is 6.42 Å². The maximum atomic E-state index is 12.5. The number of hydrogen-bond acceptors (Lipinski definition) is 2. The summed E-state index contributed by atoms with van der Waals surface area (Å²) in [5.41, 5.74) is 0. The largest absolute Gasteiger partial charge is 0.391 e.